The summed E-state index contributed by atoms with van der Waals surface area (Å²) in [4.78, 5) is 41.5. The highest BCUT2D eigenvalue weighted by Crippen LogP contribution is 2.47. The number of amides is 2. The Morgan fingerprint density at radius 2 is 1.89 bits per heavy atom. The van der Waals surface area contributed by atoms with Gasteiger partial charge in [0.05, 0.1) is 5.41 Å². The van der Waals surface area contributed by atoms with Crippen molar-refractivity contribution in [2.45, 2.75) is 44.1 Å². The van der Waals surface area contributed by atoms with Crippen LogP contribution in [0.25, 0.3) is 0 Å². The van der Waals surface area contributed by atoms with Gasteiger partial charge >= 0.3 is 0 Å². The molecule has 7 rings (SSSR count). The lowest BCUT2D eigenvalue weighted by molar-refractivity contribution is -0.120. The number of hydrogen-bond donors (Lipinski definition) is 2. The van der Waals surface area contributed by atoms with Gasteiger partial charge in [-0.05, 0) is 66.6 Å². The van der Waals surface area contributed by atoms with Crippen LogP contribution in [0.4, 0.5) is 23.0 Å². The van der Waals surface area contributed by atoms with Crippen molar-refractivity contribution in [3.05, 3.63) is 101 Å². The summed E-state index contributed by atoms with van der Waals surface area (Å²) in [7, 11) is 0. The lowest BCUT2D eigenvalue weighted by Gasteiger charge is -2.24. The second-order valence-corrected chi connectivity index (χ2v) is 10.3. The molecule has 188 valence electrons. The fourth-order valence-corrected chi connectivity index (χ4v) is 6.22. The molecule has 38 heavy (non-hydrogen) atoms. The Balaban J connectivity index is 1.14. The van der Waals surface area contributed by atoms with Crippen LogP contribution >= 0.6 is 0 Å². The number of carbonyl (C=O) groups is 2. The van der Waals surface area contributed by atoms with E-state index in [1.165, 1.54) is 11.9 Å². The summed E-state index contributed by atoms with van der Waals surface area (Å²) in [5.41, 5.74) is 5.96. The molecule has 8 nitrogen and oxygen atoms in total. The topological polar surface area (TPSA) is 100 Å². The van der Waals surface area contributed by atoms with Gasteiger partial charge < -0.3 is 15.5 Å². The standard InChI is InChI=1S/C30H26N6O2/c1-2-22-13-18-6-3-4-8-25(18)36(22)28(37)24-14-26(33-17-32-24)34-21-10-9-19-15-30(16-20(19)12-21)23-7-5-11-31-27(23)35-29(30)38/h3-12,14,17,22H,2,13,15-16H2,1H3,(H,31,35,38)(H,32,33,34). The Morgan fingerprint density at radius 3 is 2.79 bits per heavy atom. The zero-order valence-electron chi connectivity index (χ0n) is 20.9. The Hall–Kier alpha value is -4.59. The van der Waals surface area contributed by atoms with Gasteiger partial charge in [-0.25, -0.2) is 15.0 Å². The lowest BCUT2D eigenvalue weighted by atomic mass is 9.79. The summed E-state index contributed by atoms with van der Waals surface area (Å²) >= 11 is 0. The summed E-state index contributed by atoms with van der Waals surface area (Å²) in [5, 5.41) is 6.29. The molecule has 0 bridgehead atoms. The normalized spacial score (nSPS) is 20.7. The van der Waals surface area contributed by atoms with Crippen LogP contribution in [0.3, 0.4) is 0 Å². The van der Waals surface area contributed by atoms with Crippen LogP contribution in [-0.2, 0) is 29.5 Å². The van der Waals surface area contributed by atoms with Gasteiger partial charge in [0.2, 0.25) is 5.91 Å². The first-order valence-corrected chi connectivity index (χ1v) is 12.9. The van der Waals surface area contributed by atoms with Crippen LogP contribution < -0.4 is 15.5 Å². The molecule has 0 saturated carbocycles. The first-order valence-electron chi connectivity index (χ1n) is 12.9. The maximum Gasteiger partial charge on any atom is 0.277 e. The molecule has 4 aromatic rings. The first kappa shape index (κ1) is 22.6. The van der Waals surface area contributed by atoms with Crippen LogP contribution in [0.15, 0.2) is 73.2 Å². The second kappa shape index (κ2) is 8.48. The Labute approximate surface area is 220 Å². The first-order chi connectivity index (χ1) is 18.6. The highest BCUT2D eigenvalue weighted by molar-refractivity contribution is 6.07. The summed E-state index contributed by atoms with van der Waals surface area (Å²) in [6.45, 7) is 2.10. The van der Waals surface area contributed by atoms with Gasteiger partial charge in [0.15, 0.2) is 0 Å². The second-order valence-electron chi connectivity index (χ2n) is 10.3. The van der Waals surface area contributed by atoms with Crippen molar-refractivity contribution in [3.63, 3.8) is 0 Å². The van der Waals surface area contributed by atoms with E-state index in [0.29, 0.717) is 30.2 Å². The minimum atomic E-state index is -0.610. The van der Waals surface area contributed by atoms with Crippen LogP contribution in [0, 0.1) is 0 Å². The highest BCUT2D eigenvalue weighted by Gasteiger charge is 2.51. The van der Waals surface area contributed by atoms with E-state index in [4.69, 9.17) is 0 Å². The van der Waals surface area contributed by atoms with Gasteiger partial charge in [0.25, 0.3) is 5.91 Å². The van der Waals surface area contributed by atoms with Crippen molar-refractivity contribution in [2.24, 2.45) is 0 Å². The molecule has 2 aliphatic heterocycles. The quantitative estimate of drug-likeness (QED) is 0.424. The Kier molecular flexibility index (Phi) is 5.04. The lowest BCUT2D eigenvalue weighted by Crippen LogP contribution is -2.37. The number of aromatic nitrogens is 3. The molecule has 2 atom stereocenters. The molecule has 1 spiro atoms. The molecule has 0 fully saturated rings. The SMILES string of the molecule is CCC1Cc2ccccc2N1C(=O)c1cc(Nc2ccc3c(c2)CC2(C3)C(=O)Nc3ncccc32)ncn1. The number of nitrogens with one attached hydrogen (secondary N) is 2. The molecule has 2 aromatic carbocycles. The number of carbonyl (C=O) groups excluding carboxylic acids is 2. The Bertz CT molecular complexity index is 1620. The number of anilines is 4. The van der Waals surface area contributed by atoms with E-state index < -0.39 is 5.41 Å². The fourth-order valence-electron chi connectivity index (χ4n) is 6.22. The van der Waals surface area contributed by atoms with Crippen LogP contribution in [0.2, 0.25) is 0 Å². The van der Waals surface area contributed by atoms with E-state index in [1.54, 1.807) is 12.3 Å². The molecule has 8 heteroatoms. The molecule has 2 aromatic heterocycles. The molecule has 0 radical (unpaired) electrons. The molecule has 3 aliphatic rings. The van der Waals surface area contributed by atoms with E-state index in [-0.39, 0.29) is 17.9 Å². The van der Waals surface area contributed by atoms with E-state index in [2.05, 4.69) is 50.7 Å². The number of hydrogen-bond acceptors (Lipinski definition) is 6. The molecule has 1 aliphatic carbocycles. The van der Waals surface area contributed by atoms with Gasteiger partial charge in [-0.3, -0.25) is 9.59 Å². The molecule has 0 saturated heterocycles. The summed E-state index contributed by atoms with van der Waals surface area (Å²) < 4.78 is 0. The number of nitrogens with zero attached hydrogens (tertiary/aromatic N) is 4. The molecule has 4 heterocycles. The monoisotopic (exact) mass is 502 g/mol. The third kappa shape index (κ3) is 3.40. The third-order valence-corrected chi connectivity index (χ3v) is 8.10. The van der Waals surface area contributed by atoms with Crippen LogP contribution in [-0.4, -0.2) is 32.8 Å². The maximum absolute atomic E-state index is 13.6. The predicted octanol–water partition coefficient (Wildman–Crippen LogP) is 4.59. The van der Waals surface area contributed by atoms with Crippen molar-refractivity contribution in [1.29, 1.82) is 0 Å². The van der Waals surface area contributed by atoms with Gasteiger partial charge in [-0.1, -0.05) is 37.3 Å². The number of fused-ring (bicyclic) bond motifs is 4. The fraction of sp³-hybridized carbons (Fsp3) is 0.233. The zero-order valence-corrected chi connectivity index (χ0v) is 20.9. The van der Waals surface area contributed by atoms with Crippen LogP contribution in [0.5, 0.6) is 0 Å². The Morgan fingerprint density at radius 1 is 1.03 bits per heavy atom. The number of rotatable bonds is 4. The molecule has 2 N–H and O–H groups in total. The highest BCUT2D eigenvalue weighted by atomic mass is 16.2. The van der Waals surface area contributed by atoms with Crippen molar-refractivity contribution in [1.82, 2.24) is 15.0 Å². The van der Waals surface area contributed by atoms with E-state index in [0.717, 1.165) is 40.9 Å². The predicted molar refractivity (Wildman–Crippen MR) is 145 cm³/mol. The van der Waals surface area contributed by atoms with Crippen molar-refractivity contribution < 1.29 is 9.59 Å². The molecule has 2 unspecified atom stereocenters. The van der Waals surface area contributed by atoms with E-state index >= 15 is 0 Å². The minimum absolute atomic E-state index is 0.00438. The van der Waals surface area contributed by atoms with Crippen LogP contribution in [0.1, 0.15) is 46.1 Å². The van der Waals surface area contributed by atoms with Crippen molar-refractivity contribution in [2.75, 3.05) is 15.5 Å². The number of benzene rings is 2. The van der Waals surface area contributed by atoms with E-state index in [1.807, 2.05) is 41.3 Å². The smallest absolute Gasteiger partial charge is 0.277 e. The third-order valence-electron chi connectivity index (χ3n) is 8.10. The maximum atomic E-state index is 13.6. The van der Waals surface area contributed by atoms with Gasteiger partial charge in [0.1, 0.15) is 23.7 Å². The average Bonchev–Trinajstić information content (AvgIpc) is 3.59. The van der Waals surface area contributed by atoms with E-state index in [9.17, 15) is 9.59 Å². The molecule has 2 amide bonds. The minimum Gasteiger partial charge on any atom is -0.340 e. The van der Waals surface area contributed by atoms with Gasteiger partial charge in [0, 0.05) is 35.2 Å². The average molecular weight is 503 g/mol. The zero-order chi connectivity index (χ0) is 25.9. The summed E-state index contributed by atoms with van der Waals surface area (Å²) in [5.74, 6) is 1.09. The summed E-state index contributed by atoms with van der Waals surface area (Å²) in [6.07, 6.45) is 6.11. The summed E-state index contributed by atoms with van der Waals surface area (Å²) in [6, 6.07) is 19.9. The van der Waals surface area contributed by atoms with Gasteiger partial charge in [-0.15, -0.1) is 0 Å². The number of pyridine rings is 1. The molecular formula is C30H26N6O2. The largest absolute Gasteiger partial charge is 0.340 e. The number of para-hydroxylation sites is 1. The van der Waals surface area contributed by atoms with Gasteiger partial charge in [-0.2, -0.15) is 0 Å². The molecular weight excluding hydrogens is 476 g/mol. The van der Waals surface area contributed by atoms with Crippen molar-refractivity contribution >= 4 is 34.8 Å². The van der Waals surface area contributed by atoms with Crippen molar-refractivity contribution in [3.8, 4) is 0 Å².